The number of benzene rings is 2. The maximum Gasteiger partial charge on any atom is 0.150 e. The van der Waals surface area contributed by atoms with E-state index in [1.807, 2.05) is 19.1 Å². The van der Waals surface area contributed by atoms with Gasteiger partial charge in [0.1, 0.15) is 23.4 Å². The van der Waals surface area contributed by atoms with Crippen LogP contribution < -0.4 is 9.47 Å². The predicted molar refractivity (Wildman–Crippen MR) is 78.9 cm³/mol. The number of rotatable bonds is 2. The SMILES string of the molecule is COc1ccc2c(c1C)OC(c1ccc(O)cc1)C(O)C2. The summed E-state index contributed by atoms with van der Waals surface area (Å²) >= 11 is 0. The van der Waals surface area contributed by atoms with Crippen LogP contribution >= 0.6 is 0 Å². The zero-order valence-corrected chi connectivity index (χ0v) is 12.0. The van der Waals surface area contributed by atoms with Crippen molar-refractivity contribution in [2.75, 3.05) is 7.11 Å². The van der Waals surface area contributed by atoms with Crippen LogP contribution in [-0.4, -0.2) is 23.4 Å². The Morgan fingerprint density at radius 1 is 1.14 bits per heavy atom. The second-order valence-corrected chi connectivity index (χ2v) is 5.28. The molecule has 2 atom stereocenters. The van der Waals surface area contributed by atoms with Crippen molar-refractivity contribution >= 4 is 0 Å². The molecule has 0 radical (unpaired) electrons. The first-order valence-corrected chi connectivity index (χ1v) is 6.90. The van der Waals surface area contributed by atoms with Gasteiger partial charge in [-0.2, -0.15) is 0 Å². The summed E-state index contributed by atoms with van der Waals surface area (Å²) in [6.45, 7) is 1.95. The molecule has 2 N–H and O–H groups in total. The molecule has 0 fully saturated rings. The van der Waals surface area contributed by atoms with Crippen LogP contribution in [-0.2, 0) is 6.42 Å². The van der Waals surface area contributed by atoms with E-state index in [0.29, 0.717) is 6.42 Å². The number of hydrogen-bond acceptors (Lipinski definition) is 4. The summed E-state index contributed by atoms with van der Waals surface area (Å²) < 4.78 is 11.4. The van der Waals surface area contributed by atoms with Gasteiger partial charge in [-0.1, -0.05) is 18.2 Å². The van der Waals surface area contributed by atoms with E-state index in [1.165, 1.54) is 0 Å². The Hall–Kier alpha value is -2.20. The van der Waals surface area contributed by atoms with Crippen molar-refractivity contribution < 1.29 is 19.7 Å². The van der Waals surface area contributed by atoms with Gasteiger partial charge in [0.25, 0.3) is 0 Å². The van der Waals surface area contributed by atoms with Crippen molar-refractivity contribution in [2.45, 2.75) is 25.6 Å². The lowest BCUT2D eigenvalue weighted by Crippen LogP contribution is -2.30. The third kappa shape index (κ3) is 2.43. The van der Waals surface area contributed by atoms with Crippen LogP contribution in [0.1, 0.15) is 22.8 Å². The smallest absolute Gasteiger partial charge is 0.150 e. The molecule has 0 amide bonds. The Morgan fingerprint density at radius 2 is 1.86 bits per heavy atom. The molecular weight excluding hydrogens is 268 g/mol. The molecule has 0 saturated heterocycles. The molecule has 2 unspecified atom stereocenters. The summed E-state index contributed by atoms with van der Waals surface area (Å²) in [7, 11) is 1.63. The van der Waals surface area contributed by atoms with Crippen molar-refractivity contribution in [3.8, 4) is 17.2 Å². The average molecular weight is 286 g/mol. The van der Waals surface area contributed by atoms with Crippen molar-refractivity contribution in [1.82, 2.24) is 0 Å². The molecule has 2 aromatic rings. The van der Waals surface area contributed by atoms with Crippen LogP contribution in [0.2, 0.25) is 0 Å². The summed E-state index contributed by atoms with van der Waals surface area (Å²) in [4.78, 5) is 0. The van der Waals surface area contributed by atoms with Gasteiger partial charge in [0.2, 0.25) is 0 Å². The molecule has 1 aliphatic rings. The van der Waals surface area contributed by atoms with Crippen molar-refractivity contribution in [3.05, 3.63) is 53.1 Å². The quantitative estimate of drug-likeness (QED) is 0.891. The fourth-order valence-electron chi connectivity index (χ4n) is 2.77. The molecule has 0 saturated carbocycles. The van der Waals surface area contributed by atoms with E-state index in [4.69, 9.17) is 9.47 Å². The first-order chi connectivity index (χ1) is 10.1. The number of phenols is 1. The standard InChI is InChI=1S/C17H18O4/c1-10-15(20-2)8-5-12-9-14(19)17(21-16(10)12)11-3-6-13(18)7-4-11/h3-8,14,17-19H,9H2,1-2H3. The summed E-state index contributed by atoms with van der Waals surface area (Å²) in [5.41, 5.74) is 2.76. The molecule has 4 heteroatoms. The van der Waals surface area contributed by atoms with Crippen LogP contribution in [0.3, 0.4) is 0 Å². The molecule has 1 heterocycles. The lowest BCUT2D eigenvalue weighted by atomic mass is 9.93. The molecule has 0 aliphatic carbocycles. The summed E-state index contributed by atoms with van der Waals surface area (Å²) in [5.74, 6) is 1.75. The molecule has 3 rings (SSSR count). The average Bonchev–Trinajstić information content (AvgIpc) is 2.48. The highest BCUT2D eigenvalue weighted by Gasteiger charge is 2.31. The highest BCUT2D eigenvalue weighted by molar-refractivity contribution is 5.51. The minimum atomic E-state index is -0.616. The van der Waals surface area contributed by atoms with E-state index in [9.17, 15) is 10.2 Å². The topological polar surface area (TPSA) is 58.9 Å². The van der Waals surface area contributed by atoms with Gasteiger partial charge in [-0.3, -0.25) is 0 Å². The van der Waals surface area contributed by atoms with Crippen LogP contribution in [0.25, 0.3) is 0 Å². The summed E-state index contributed by atoms with van der Waals surface area (Å²) in [6, 6.07) is 10.6. The number of aromatic hydroxyl groups is 1. The highest BCUT2D eigenvalue weighted by atomic mass is 16.5. The van der Waals surface area contributed by atoms with E-state index < -0.39 is 12.2 Å². The third-order valence-corrected chi connectivity index (χ3v) is 3.90. The van der Waals surface area contributed by atoms with E-state index in [-0.39, 0.29) is 5.75 Å². The Bertz CT molecular complexity index is 649. The van der Waals surface area contributed by atoms with Gasteiger partial charge >= 0.3 is 0 Å². The molecule has 2 aromatic carbocycles. The minimum absolute atomic E-state index is 0.197. The third-order valence-electron chi connectivity index (χ3n) is 3.90. The van der Waals surface area contributed by atoms with Gasteiger partial charge in [-0.05, 0) is 36.2 Å². The first-order valence-electron chi connectivity index (χ1n) is 6.90. The van der Waals surface area contributed by atoms with Gasteiger partial charge in [0.15, 0.2) is 0 Å². The maximum absolute atomic E-state index is 10.3. The normalized spacial score (nSPS) is 20.5. The lowest BCUT2D eigenvalue weighted by Gasteiger charge is -2.32. The lowest BCUT2D eigenvalue weighted by molar-refractivity contribution is 0.0201. The molecule has 1 aliphatic heterocycles. The zero-order valence-electron chi connectivity index (χ0n) is 12.0. The number of aliphatic hydroxyl groups excluding tert-OH is 1. The Morgan fingerprint density at radius 3 is 2.52 bits per heavy atom. The molecule has 4 nitrogen and oxygen atoms in total. The van der Waals surface area contributed by atoms with Gasteiger partial charge in [0, 0.05) is 12.0 Å². The molecule has 21 heavy (non-hydrogen) atoms. The summed E-state index contributed by atoms with van der Waals surface area (Å²) in [6.07, 6.45) is -0.523. The molecule has 0 spiro atoms. The minimum Gasteiger partial charge on any atom is -0.508 e. The first kappa shape index (κ1) is 13.8. The largest absolute Gasteiger partial charge is 0.508 e. The highest BCUT2D eigenvalue weighted by Crippen LogP contribution is 2.40. The second-order valence-electron chi connectivity index (χ2n) is 5.28. The van der Waals surface area contributed by atoms with E-state index in [1.54, 1.807) is 31.4 Å². The fraction of sp³-hybridized carbons (Fsp3) is 0.294. The van der Waals surface area contributed by atoms with Gasteiger partial charge in [0.05, 0.1) is 13.2 Å². The van der Waals surface area contributed by atoms with Gasteiger partial charge < -0.3 is 19.7 Å². The van der Waals surface area contributed by atoms with Gasteiger partial charge in [-0.25, -0.2) is 0 Å². The van der Waals surface area contributed by atoms with E-state index >= 15 is 0 Å². The van der Waals surface area contributed by atoms with Crippen molar-refractivity contribution in [3.63, 3.8) is 0 Å². The van der Waals surface area contributed by atoms with E-state index in [0.717, 1.165) is 28.2 Å². The monoisotopic (exact) mass is 286 g/mol. The van der Waals surface area contributed by atoms with Crippen LogP contribution in [0, 0.1) is 6.92 Å². The summed E-state index contributed by atoms with van der Waals surface area (Å²) in [5, 5.41) is 19.7. The van der Waals surface area contributed by atoms with Crippen LogP contribution in [0.4, 0.5) is 0 Å². The van der Waals surface area contributed by atoms with Crippen molar-refractivity contribution in [2.24, 2.45) is 0 Å². The number of methoxy groups -OCH3 is 1. The molecule has 110 valence electrons. The zero-order chi connectivity index (χ0) is 15.0. The van der Waals surface area contributed by atoms with Crippen LogP contribution in [0.15, 0.2) is 36.4 Å². The van der Waals surface area contributed by atoms with Crippen LogP contribution in [0.5, 0.6) is 17.2 Å². The fourth-order valence-corrected chi connectivity index (χ4v) is 2.77. The van der Waals surface area contributed by atoms with Gasteiger partial charge in [-0.15, -0.1) is 0 Å². The molecule has 0 bridgehead atoms. The Balaban J connectivity index is 1.98. The number of aliphatic hydroxyl groups is 1. The number of ether oxygens (including phenoxy) is 2. The van der Waals surface area contributed by atoms with Crippen molar-refractivity contribution in [1.29, 1.82) is 0 Å². The number of phenolic OH excluding ortho intramolecular Hbond substituents is 1. The Labute approximate surface area is 123 Å². The number of fused-ring (bicyclic) bond motifs is 1. The Kier molecular flexibility index (Phi) is 3.47. The predicted octanol–water partition coefficient (Wildman–Crippen LogP) is 2.75. The van der Waals surface area contributed by atoms with E-state index in [2.05, 4.69) is 0 Å². The molecule has 0 aromatic heterocycles. The second kappa shape index (κ2) is 5.30. The number of hydrogen-bond donors (Lipinski definition) is 2. The maximum atomic E-state index is 10.3. The molecular formula is C17H18O4.